The average Bonchev–Trinajstić information content (AvgIpc) is 2.29. The highest BCUT2D eigenvalue weighted by Crippen LogP contribution is 2.11. The lowest BCUT2D eigenvalue weighted by Crippen LogP contribution is -2.04. The molecule has 0 fully saturated rings. The van der Waals surface area contributed by atoms with Crippen molar-refractivity contribution in [3.63, 3.8) is 0 Å². The summed E-state index contributed by atoms with van der Waals surface area (Å²) in [5, 5.41) is 0. The molecule has 0 amide bonds. The van der Waals surface area contributed by atoms with Gasteiger partial charge in [-0.1, -0.05) is 24.3 Å². The fourth-order valence-electron chi connectivity index (χ4n) is 1.53. The van der Waals surface area contributed by atoms with E-state index in [0.29, 0.717) is 13.0 Å². The zero-order valence-corrected chi connectivity index (χ0v) is 9.03. The van der Waals surface area contributed by atoms with Gasteiger partial charge in [-0.2, -0.15) is 0 Å². The molecule has 0 aliphatic carbocycles. The summed E-state index contributed by atoms with van der Waals surface area (Å²) in [7, 11) is 1.41. The van der Waals surface area contributed by atoms with Crippen LogP contribution in [0.2, 0.25) is 0 Å². The second kappa shape index (κ2) is 6.19. The molecule has 0 saturated heterocycles. The molecule has 0 aliphatic rings. The van der Waals surface area contributed by atoms with Crippen LogP contribution in [-0.2, 0) is 22.5 Å². The van der Waals surface area contributed by atoms with Crippen LogP contribution in [0.4, 0.5) is 0 Å². The van der Waals surface area contributed by atoms with Gasteiger partial charge in [0.2, 0.25) is 0 Å². The van der Waals surface area contributed by atoms with Gasteiger partial charge in [-0.05, 0) is 24.0 Å². The van der Waals surface area contributed by atoms with Gasteiger partial charge in [-0.25, -0.2) is 0 Å². The van der Waals surface area contributed by atoms with Crippen LogP contribution in [0, 0.1) is 0 Å². The molecule has 3 heteroatoms. The monoisotopic (exact) mass is 207 g/mol. The van der Waals surface area contributed by atoms with Crippen molar-refractivity contribution >= 4 is 5.97 Å². The number of rotatable bonds is 5. The standard InChI is InChI=1S/C12H17NO2/c1-15-12(14)8-4-7-10-5-2-3-6-11(10)9-13/h2-3,5-6H,4,7-9,13H2,1H3. The summed E-state index contributed by atoms with van der Waals surface area (Å²) in [5.41, 5.74) is 8.00. The molecular weight excluding hydrogens is 190 g/mol. The molecule has 82 valence electrons. The number of nitrogens with two attached hydrogens (primary N) is 1. The van der Waals surface area contributed by atoms with E-state index in [1.165, 1.54) is 12.7 Å². The molecule has 1 aromatic carbocycles. The summed E-state index contributed by atoms with van der Waals surface area (Å²) in [5.74, 6) is -0.153. The van der Waals surface area contributed by atoms with E-state index in [2.05, 4.69) is 10.8 Å². The second-order valence-electron chi connectivity index (χ2n) is 3.40. The molecule has 0 atom stereocenters. The molecule has 1 rings (SSSR count). The van der Waals surface area contributed by atoms with Crippen molar-refractivity contribution in [1.82, 2.24) is 0 Å². The third-order valence-electron chi connectivity index (χ3n) is 2.39. The number of carbonyl (C=O) groups is 1. The van der Waals surface area contributed by atoms with Crippen LogP contribution in [0.15, 0.2) is 24.3 Å². The molecule has 0 bridgehead atoms. The van der Waals surface area contributed by atoms with Crippen LogP contribution in [0.1, 0.15) is 24.0 Å². The summed E-state index contributed by atoms with van der Waals surface area (Å²) in [6.07, 6.45) is 2.15. The molecule has 2 N–H and O–H groups in total. The number of carbonyl (C=O) groups excluding carboxylic acids is 1. The fourth-order valence-corrected chi connectivity index (χ4v) is 1.53. The largest absolute Gasteiger partial charge is 0.469 e. The van der Waals surface area contributed by atoms with Gasteiger partial charge >= 0.3 is 5.97 Å². The van der Waals surface area contributed by atoms with Crippen molar-refractivity contribution in [3.8, 4) is 0 Å². The van der Waals surface area contributed by atoms with Crippen molar-refractivity contribution in [1.29, 1.82) is 0 Å². The highest BCUT2D eigenvalue weighted by atomic mass is 16.5. The lowest BCUT2D eigenvalue weighted by molar-refractivity contribution is -0.140. The smallest absolute Gasteiger partial charge is 0.305 e. The SMILES string of the molecule is COC(=O)CCCc1ccccc1CN. The molecule has 0 spiro atoms. The molecule has 0 saturated carbocycles. The Kier molecular flexibility index (Phi) is 4.84. The Bertz CT molecular complexity index is 323. The molecule has 15 heavy (non-hydrogen) atoms. The van der Waals surface area contributed by atoms with Gasteiger partial charge in [-0.3, -0.25) is 4.79 Å². The maximum atomic E-state index is 10.9. The molecule has 3 nitrogen and oxygen atoms in total. The first kappa shape index (κ1) is 11.7. The van der Waals surface area contributed by atoms with Crippen LogP contribution in [0.25, 0.3) is 0 Å². The number of hydrogen-bond donors (Lipinski definition) is 1. The number of aryl methyl sites for hydroxylation is 1. The molecular formula is C12H17NO2. The highest BCUT2D eigenvalue weighted by Gasteiger charge is 2.03. The topological polar surface area (TPSA) is 52.3 Å². The predicted molar refractivity (Wildman–Crippen MR) is 59.3 cm³/mol. The second-order valence-corrected chi connectivity index (χ2v) is 3.40. The van der Waals surface area contributed by atoms with Gasteiger partial charge in [0.15, 0.2) is 0 Å². The maximum absolute atomic E-state index is 10.9. The normalized spacial score (nSPS) is 10.0. The first-order chi connectivity index (χ1) is 7.27. The van der Waals surface area contributed by atoms with Crippen molar-refractivity contribution in [3.05, 3.63) is 35.4 Å². The predicted octanol–water partition coefficient (Wildman–Crippen LogP) is 1.64. The zero-order valence-electron chi connectivity index (χ0n) is 9.03. The third kappa shape index (κ3) is 3.72. The van der Waals surface area contributed by atoms with E-state index in [1.54, 1.807) is 0 Å². The van der Waals surface area contributed by atoms with E-state index in [4.69, 9.17) is 5.73 Å². The number of benzene rings is 1. The van der Waals surface area contributed by atoms with Gasteiger partial charge in [0, 0.05) is 13.0 Å². The van der Waals surface area contributed by atoms with E-state index in [9.17, 15) is 4.79 Å². The number of ether oxygens (including phenoxy) is 1. The van der Waals surface area contributed by atoms with Crippen LogP contribution < -0.4 is 5.73 Å². The first-order valence-electron chi connectivity index (χ1n) is 5.11. The van der Waals surface area contributed by atoms with Gasteiger partial charge in [0.05, 0.1) is 7.11 Å². The Labute approximate surface area is 90.2 Å². The lowest BCUT2D eigenvalue weighted by Gasteiger charge is -2.06. The lowest BCUT2D eigenvalue weighted by atomic mass is 10.0. The van der Waals surface area contributed by atoms with Crippen molar-refractivity contribution in [2.75, 3.05) is 7.11 Å². The van der Waals surface area contributed by atoms with Crippen LogP contribution in [-0.4, -0.2) is 13.1 Å². The van der Waals surface area contributed by atoms with Gasteiger partial charge in [-0.15, -0.1) is 0 Å². The minimum Gasteiger partial charge on any atom is -0.469 e. The van der Waals surface area contributed by atoms with Crippen LogP contribution in [0.5, 0.6) is 0 Å². The molecule has 0 aliphatic heterocycles. The summed E-state index contributed by atoms with van der Waals surface area (Å²) >= 11 is 0. The first-order valence-corrected chi connectivity index (χ1v) is 5.11. The van der Waals surface area contributed by atoms with Crippen molar-refractivity contribution in [2.45, 2.75) is 25.8 Å². The summed E-state index contributed by atoms with van der Waals surface area (Å²) < 4.78 is 4.58. The van der Waals surface area contributed by atoms with E-state index in [0.717, 1.165) is 18.4 Å². The Morgan fingerprint density at radius 1 is 1.33 bits per heavy atom. The molecule has 0 unspecified atom stereocenters. The third-order valence-corrected chi connectivity index (χ3v) is 2.39. The summed E-state index contributed by atoms with van der Waals surface area (Å²) in [6, 6.07) is 8.05. The van der Waals surface area contributed by atoms with E-state index in [-0.39, 0.29) is 5.97 Å². The Balaban J connectivity index is 2.46. The van der Waals surface area contributed by atoms with Gasteiger partial charge < -0.3 is 10.5 Å². The number of methoxy groups -OCH3 is 1. The number of hydrogen-bond acceptors (Lipinski definition) is 3. The van der Waals surface area contributed by atoms with Gasteiger partial charge in [0.1, 0.15) is 0 Å². The molecule has 0 aromatic heterocycles. The average molecular weight is 207 g/mol. The molecule has 0 radical (unpaired) electrons. The summed E-state index contributed by atoms with van der Waals surface area (Å²) in [4.78, 5) is 10.9. The summed E-state index contributed by atoms with van der Waals surface area (Å²) in [6.45, 7) is 0.550. The maximum Gasteiger partial charge on any atom is 0.305 e. The quantitative estimate of drug-likeness (QED) is 0.747. The minimum absolute atomic E-state index is 0.153. The molecule has 1 aromatic rings. The Hall–Kier alpha value is -1.35. The van der Waals surface area contributed by atoms with Crippen LogP contribution in [0.3, 0.4) is 0 Å². The van der Waals surface area contributed by atoms with Crippen molar-refractivity contribution < 1.29 is 9.53 Å². The minimum atomic E-state index is -0.153. The van der Waals surface area contributed by atoms with E-state index >= 15 is 0 Å². The van der Waals surface area contributed by atoms with E-state index in [1.807, 2.05) is 18.2 Å². The van der Waals surface area contributed by atoms with Crippen molar-refractivity contribution in [2.24, 2.45) is 5.73 Å². The van der Waals surface area contributed by atoms with Crippen LogP contribution >= 0.6 is 0 Å². The van der Waals surface area contributed by atoms with Gasteiger partial charge in [0.25, 0.3) is 0 Å². The van der Waals surface area contributed by atoms with E-state index < -0.39 is 0 Å². The zero-order chi connectivity index (χ0) is 11.1. The Morgan fingerprint density at radius 2 is 2.00 bits per heavy atom. The highest BCUT2D eigenvalue weighted by molar-refractivity contribution is 5.69. The number of esters is 1. The fraction of sp³-hybridized carbons (Fsp3) is 0.417. The Morgan fingerprint density at radius 3 is 2.60 bits per heavy atom. The molecule has 0 heterocycles.